The Kier molecular flexibility index (Phi) is 3.93. The summed E-state index contributed by atoms with van der Waals surface area (Å²) in [6, 6.07) is 0.289. The summed E-state index contributed by atoms with van der Waals surface area (Å²) in [5, 5.41) is 15.6. The lowest BCUT2D eigenvalue weighted by molar-refractivity contribution is 0.154. The number of aliphatic hydroxyl groups is 1. The van der Waals surface area contributed by atoms with Crippen LogP contribution in [0.1, 0.15) is 58.3 Å². The van der Waals surface area contributed by atoms with E-state index in [4.69, 9.17) is 0 Å². The molecule has 4 heteroatoms. The molecule has 0 aromatic heterocycles. The Morgan fingerprint density at radius 3 is 2.50 bits per heavy atom. The normalized spacial score (nSPS) is 33.3. The fraction of sp³-hybridized carbons (Fsp3) is 0.938. The van der Waals surface area contributed by atoms with Crippen LogP contribution in [0.15, 0.2) is 0 Å². The maximum absolute atomic E-state index is 12.1. The van der Waals surface area contributed by atoms with Gasteiger partial charge in [0, 0.05) is 6.04 Å². The van der Waals surface area contributed by atoms with Crippen molar-refractivity contribution in [2.75, 3.05) is 6.61 Å². The molecule has 3 rings (SSSR count). The van der Waals surface area contributed by atoms with E-state index in [9.17, 15) is 9.90 Å². The Hall–Kier alpha value is -0.770. The highest BCUT2D eigenvalue weighted by Crippen LogP contribution is 2.44. The summed E-state index contributed by atoms with van der Waals surface area (Å²) in [5.74, 6) is 2.00. The third-order valence-corrected chi connectivity index (χ3v) is 5.62. The number of hydrogen-bond donors (Lipinski definition) is 3. The van der Waals surface area contributed by atoms with Crippen molar-refractivity contribution in [3.8, 4) is 0 Å². The Labute approximate surface area is 121 Å². The van der Waals surface area contributed by atoms with Gasteiger partial charge in [-0.25, -0.2) is 4.79 Å². The maximum atomic E-state index is 12.1. The molecule has 3 saturated carbocycles. The molecule has 2 amide bonds. The monoisotopic (exact) mass is 280 g/mol. The number of carbonyl (C=O) groups is 1. The van der Waals surface area contributed by atoms with Crippen molar-refractivity contribution in [1.29, 1.82) is 0 Å². The van der Waals surface area contributed by atoms with Gasteiger partial charge in [0.1, 0.15) is 0 Å². The van der Waals surface area contributed by atoms with Gasteiger partial charge in [0.2, 0.25) is 0 Å². The smallest absolute Gasteiger partial charge is 0.315 e. The molecule has 3 aliphatic rings. The van der Waals surface area contributed by atoms with E-state index >= 15 is 0 Å². The molecular weight excluding hydrogens is 252 g/mol. The Bertz CT molecular complexity index is 363. The first-order valence-electron chi connectivity index (χ1n) is 8.32. The summed E-state index contributed by atoms with van der Waals surface area (Å²) in [5.41, 5.74) is -0.431. The summed E-state index contributed by atoms with van der Waals surface area (Å²) in [6.45, 7) is 1.98. The van der Waals surface area contributed by atoms with E-state index in [1.54, 1.807) is 0 Å². The zero-order valence-electron chi connectivity index (χ0n) is 12.5. The number of amides is 2. The molecule has 3 aliphatic carbocycles. The minimum Gasteiger partial charge on any atom is -0.394 e. The summed E-state index contributed by atoms with van der Waals surface area (Å²) < 4.78 is 0. The van der Waals surface area contributed by atoms with E-state index in [-0.39, 0.29) is 12.6 Å². The van der Waals surface area contributed by atoms with Gasteiger partial charge in [0.05, 0.1) is 12.1 Å². The molecule has 0 aromatic carbocycles. The number of nitrogens with one attached hydrogen (secondary N) is 2. The summed E-state index contributed by atoms with van der Waals surface area (Å²) >= 11 is 0. The van der Waals surface area contributed by atoms with Gasteiger partial charge in [-0.1, -0.05) is 32.1 Å². The van der Waals surface area contributed by atoms with Gasteiger partial charge in [-0.15, -0.1) is 0 Å². The fourth-order valence-corrected chi connectivity index (χ4v) is 3.92. The van der Waals surface area contributed by atoms with Crippen molar-refractivity contribution in [1.82, 2.24) is 10.6 Å². The van der Waals surface area contributed by atoms with Crippen LogP contribution in [0.4, 0.5) is 4.79 Å². The predicted molar refractivity (Wildman–Crippen MR) is 78.4 cm³/mol. The molecule has 0 heterocycles. The number of carbonyl (C=O) groups excluding carboxylic acids is 1. The van der Waals surface area contributed by atoms with E-state index in [0.717, 1.165) is 25.2 Å². The van der Waals surface area contributed by atoms with Crippen molar-refractivity contribution in [2.45, 2.75) is 69.9 Å². The SMILES string of the molecule is CC(CO)(NC(=O)NC1CC1C1CCCCC1)C1CC1. The molecule has 4 nitrogen and oxygen atoms in total. The van der Waals surface area contributed by atoms with Gasteiger partial charge in [-0.2, -0.15) is 0 Å². The summed E-state index contributed by atoms with van der Waals surface area (Å²) in [4.78, 5) is 12.1. The minimum absolute atomic E-state index is 0.0296. The third-order valence-electron chi connectivity index (χ3n) is 5.62. The van der Waals surface area contributed by atoms with Crippen molar-refractivity contribution in [3.05, 3.63) is 0 Å². The summed E-state index contributed by atoms with van der Waals surface area (Å²) in [6.07, 6.45) is 10.2. The number of aliphatic hydroxyl groups excluding tert-OH is 1. The Balaban J connectivity index is 1.43. The van der Waals surface area contributed by atoms with Crippen LogP contribution in [0.3, 0.4) is 0 Å². The molecule has 0 aromatic rings. The van der Waals surface area contributed by atoms with Crippen molar-refractivity contribution in [3.63, 3.8) is 0 Å². The zero-order valence-corrected chi connectivity index (χ0v) is 12.5. The van der Waals surface area contributed by atoms with E-state index < -0.39 is 5.54 Å². The van der Waals surface area contributed by atoms with Crippen LogP contribution in [-0.4, -0.2) is 29.3 Å². The molecule has 20 heavy (non-hydrogen) atoms. The van der Waals surface area contributed by atoms with Crippen molar-refractivity contribution < 1.29 is 9.90 Å². The third kappa shape index (κ3) is 3.11. The first-order valence-corrected chi connectivity index (χ1v) is 8.32. The molecule has 3 atom stereocenters. The van der Waals surface area contributed by atoms with Crippen LogP contribution < -0.4 is 10.6 Å². The largest absolute Gasteiger partial charge is 0.394 e. The minimum atomic E-state index is -0.431. The highest BCUT2D eigenvalue weighted by molar-refractivity contribution is 5.75. The molecule has 0 aliphatic heterocycles. The topological polar surface area (TPSA) is 61.4 Å². The van der Waals surface area contributed by atoms with Crippen molar-refractivity contribution >= 4 is 6.03 Å². The van der Waals surface area contributed by atoms with E-state index in [2.05, 4.69) is 10.6 Å². The van der Waals surface area contributed by atoms with Crippen LogP contribution in [0.2, 0.25) is 0 Å². The second-order valence-corrected chi connectivity index (χ2v) is 7.35. The molecule has 3 fully saturated rings. The zero-order chi connectivity index (χ0) is 14.2. The van der Waals surface area contributed by atoms with Crippen LogP contribution in [0, 0.1) is 17.8 Å². The first kappa shape index (κ1) is 14.2. The number of urea groups is 1. The average molecular weight is 280 g/mol. The lowest BCUT2D eigenvalue weighted by atomic mass is 9.85. The molecule has 3 N–H and O–H groups in total. The molecular formula is C16H28N2O2. The fourth-order valence-electron chi connectivity index (χ4n) is 3.92. The second kappa shape index (κ2) is 5.55. The molecule has 0 radical (unpaired) electrons. The van der Waals surface area contributed by atoms with Gasteiger partial charge in [0.25, 0.3) is 0 Å². The van der Waals surface area contributed by atoms with Crippen molar-refractivity contribution in [2.24, 2.45) is 17.8 Å². The van der Waals surface area contributed by atoms with E-state index in [1.807, 2.05) is 6.92 Å². The molecule has 3 unspecified atom stereocenters. The Morgan fingerprint density at radius 2 is 1.90 bits per heavy atom. The van der Waals surface area contributed by atoms with Gasteiger partial charge in [-0.05, 0) is 43.9 Å². The second-order valence-electron chi connectivity index (χ2n) is 7.35. The highest BCUT2D eigenvalue weighted by Gasteiger charge is 2.46. The molecule has 0 bridgehead atoms. The van der Waals surface area contributed by atoms with Gasteiger partial charge >= 0.3 is 6.03 Å². The highest BCUT2D eigenvalue weighted by atomic mass is 16.3. The van der Waals surface area contributed by atoms with Gasteiger partial charge in [-0.3, -0.25) is 0 Å². The number of rotatable bonds is 5. The summed E-state index contributed by atoms with van der Waals surface area (Å²) in [7, 11) is 0. The van der Waals surface area contributed by atoms with Crippen LogP contribution >= 0.6 is 0 Å². The molecule has 114 valence electrons. The lowest BCUT2D eigenvalue weighted by Crippen LogP contribution is -2.54. The Morgan fingerprint density at radius 1 is 1.20 bits per heavy atom. The van der Waals surface area contributed by atoms with Gasteiger partial charge in [0.15, 0.2) is 0 Å². The molecule has 0 spiro atoms. The first-order chi connectivity index (χ1) is 9.62. The average Bonchev–Trinajstić information content (AvgIpc) is 3.33. The molecule has 0 saturated heterocycles. The van der Waals surface area contributed by atoms with E-state index in [1.165, 1.54) is 32.1 Å². The quantitative estimate of drug-likeness (QED) is 0.724. The van der Waals surface area contributed by atoms with Crippen LogP contribution in [-0.2, 0) is 0 Å². The van der Waals surface area contributed by atoms with Crippen LogP contribution in [0.5, 0.6) is 0 Å². The lowest BCUT2D eigenvalue weighted by Gasteiger charge is -2.29. The van der Waals surface area contributed by atoms with E-state index in [0.29, 0.717) is 17.9 Å². The number of hydrogen-bond acceptors (Lipinski definition) is 2. The maximum Gasteiger partial charge on any atom is 0.315 e. The van der Waals surface area contributed by atoms with Crippen LogP contribution in [0.25, 0.3) is 0 Å². The predicted octanol–water partition coefficient (Wildman–Crippen LogP) is 2.42. The van der Waals surface area contributed by atoms with Gasteiger partial charge < -0.3 is 15.7 Å². The standard InChI is InChI=1S/C16H28N2O2/c1-16(10-19,12-7-8-12)18-15(20)17-14-9-13(14)11-5-3-2-4-6-11/h11-14,19H,2-10H2,1H3,(H2,17,18,20).